The van der Waals surface area contributed by atoms with E-state index in [9.17, 15) is 13.2 Å². The molecule has 0 aliphatic heterocycles. The zero-order valence-corrected chi connectivity index (χ0v) is 17.6. The minimum Gasteiger partial charge on any atom is -0.491 e. The molecule has 7 heteroatoms. The molecule has 30 heavy (non-hydrogen) atoms. The molecule has 0 saturated heterocycles. The van der Waals surface area contributed by atoms with E-state index in [0.717, 1.165) is 11.3 Å². The van der Waals surface area contributed by atoms with Crippen LogP contribution in [0, 0.1) is 6.92 Å². The van der Waals surface area contributed by atoms with Crippen molar-refractivity contribution in [3.8, 4) is 5.75 Å². The van der Waals surface area contributed by atoms with Crippen molar-refractivity contribution in [1.82, 2.24) is 5.32 Å². The van der Waals surface area contributed by atoms with Crippen molar-refractivity contribution in [3.05, 3.63) is 90.0 Å². The van der Waals surface area contributed by atoms with Crippen LogP contribution in [-0.2, 0) is 10.0 Å². The lowest BCUT2D eigenvalue weighted by atomic mass is 10.2. The number of amides is 1. The van der Waals surface area contributed by atoms with Gasteiger partial charge in [0.15, 0.2) is 0 Å². The van der Waals surface area contributed by atoms with Crippen molar-refractivity contribution >= 4 is 21.6 Å². The van der Waals surface area contributed by atoms with E-state index >= 15 is 0 Å². The number of rotatable bonds is 8. The molecule has 0 aliphatic rings. The Hall–Kier alpha value is -3.32. The number of ether oxygens (including phenoxy) is 1. The Bertz CT molecular complexity index is 1080. The lowest BCUT2D eigenvalue weighted by molar-refractivity contribution is 0.0926. The Labute approximate surface area is 177 Å². The summed E-state index contributed by atoms with van der Waals surface area (Å²) in [6.45, 7) is 4.08. The summed E-state index contributed by atoms with van der Waals surface area (Å²) in [6, 6.07) is 22.0. The Morgan fingerprint density at radius 3 is 2.20 bits per heavy atom. The van der Waals surface area contributed by atoms with E-state index in [1.807, 2.05) is 44.2 Å². The Morgan fingerprint density at radius 2 is 1.57 bits per heavy atom. The summed E-state index contributed by atoms with van der Waals surface area (Å²) >= 11 is 0. The normalized spacial score (nSPS) is 12.1. The minimum absolute atomic E-state index is 0.183. The minimum atomic E-state index is -3.68. The first-order valence-corrected chi connectivity index (χ1v) is 11.0. The highest BCUT2D eigenvalue weighted by molar-refractivity contribution is 7.92. The van der Waals surface area contributed by atoms with E-state index in [0.29, 0.717) is 17.9 Å². The van der Waals surface area contributed by atoms with Gasteiger partial charge in [-0.25, -0.2) is 8.42 Å². The number of para-hydroxylation sites is 1. The second-order valence-electron chi connectivity index (χ2n) is 6.99. The summed E-state index contributed by atoms with van der Waals surface area (Å²) in [6.07, 6.45) is 0. The van der Waals surface area contributed by atoms with Crippen molar-refractivity contribution in [2.75, 3.05) is 11.3 Å². The van der Waals surface area contributed by atoms with Gasteiger partial charge in [-0.1, -0.05) is 35.9 Å². The second-order valence-corrected chi connectivity index (χ2v) is 8.68. The molecule has 0 fully saturated rings. The lowest BCUT2D eigenvalue weighted by Gasteiger charge is -2.15. The van der Waals surface area contributed by atoms with E-state index in [1.54, 1.807) is 48.5 Å². The number of anilines is 1. The lowest BCUT2D eigenvalue weighted by Crippen LogP contribution is -2.36. The molecule has 1 amide bonds. The first-order chi connectivity index (χ1) is 14.3. The maximum atomic E-state index is 12.5. The fourth-order valence-corrected chi connectivity index (χ4v) is 3.77. The van der Waals surface area contributed by atoms with Gasteiger partial charge in [0.2, 0.25) is 0 Å². The molecule has 0 spiro atoms. The zero-order chi connectivity index (χ0) is 21.6. The molecule has 6 nitrogen and oxygen atoms in total. The van der Waals surface area contributed by atoms with Gasteiger partial charge >= 0.3 is 0 Å². The van der Waals surface area contributed by atoms with E-state index in [4.69, 9.17) is 4.74 Å². The van der Waals surface area contributed by atoms with Crippen LogP contribution in [0.25, 0.3) is 0 Å². The van der Waals surface area contributed by atoms with Crippen LogP contribution in [0.2, 0.25) is 0 Å². The first kappa shape index (κ1) is 21.4. The third-order valence-corrected chi connectivity index (χ3v) is 5.75. The predicted molar refractivity (Wildman–Crippen MR) is 117 cm³/mol. The average molecular weight is 425 g/mol. The summed E-state index contributed by atoms with van der Waals surface area (Å²) < 4.78 is 33.1. The number of nitrogens with one attached hydrogen (secondary N) is 2. The van der Waals surface area contributed by atoms with Crippen LogP contribution in [0.1, 0.15) is 22.8 Å². The molecule has 0 saturated carbocycles. The van der Waals surface area contributed by atoms with Gasteiger partial charge in [-0.2, -0.15) is 0 Å². The first-order valence-electron chi connectivity index (χ1n) is 9.52. The summed E-state index contributed by atoms with van der Waals surface area (Å²) in [5, 5.41) is 2.86. The number of hydrogen-bond donors (Lipinski definition) is 2. The number of sulfonamides is 1. The highest BCUT2D eigenvalue weighted by Crippen LogP contribution is 2.17. The van der Waals surface area contributed by atoms with Gasteiger partial charge in [-0.05, 0) is 62.4 Å². The Kier molecular flexibility index (Phi) is 6.74. The van der Waals surface area contributed by atoms with Crippen molar-refractivity contribution in [2.45, 2.75) is 24.8 Å². The number of aryl methyl sites for hydroxylation is 1. The van der Waals surface area contributed by atoms with Gasteiger partial charge in [-0.15, -0.1) is 0 Å². The molecule has 2 N–H and O–H groups in total. The summed E-state index contributed by atoms with van der Waals surface area (Å²) in [5.74, 6) is 0.482. The fraction of sp³-hybridized carbons (Fsp3) is 0.174. The van der Waals surface area contributed by atoms with E-state index in [1.165, 1.54) is 0 Å². The third kappa shape index (κ3) is 5.84. The molecule has 156 valence electrons. The topological polar surface area (TPSA) is 84.5 Å². The van der Waals surface area contributed by atoms with Crippen molar-refractivity contribution in [1.29, 1.82) is 0 Å². The van der Waals surface area contributed by atoms with Crippen LogP contribution in [0.5, 0.6) is 5.75 Å². The van der Waals surface area contributed by atoms with Crippen LogP contribution in [-0.4, -0.2) is 27.0 Å². The molecule has 3 aromatic carbocycles. The second kappa shape index (κ2) is 9.45. The molecule has 3 rings (SSSR count). The van der Waals surface area contributed by atoms with Crippen LogP contribution < -0.4 is 14.8 Å². The van der Waals surface area contributed by atoms with E-state index in [2.05, 4.69) is 10.0 Å². The maximum absolute atomic E-state index is 12.5. The highest BCUT2D eigenvalue weighted by Gasteiger charge is 2.15. The van der Waals surface area contributed by atoms with Crippen LogP contribution >= 0.6 is 0 Å². The molecule has 1 unspecified atom stereocenters. The van der Waals surface area contributed by atoms with Crippen molar-refractivity contribution in [2.24, 2.45) is 0 Å². The number of benzene rings is 3. The van der Waals surface area contributed by atoms with E-state index in [-0.39, 0.29) is 16.8 Å². The molecule has 3 aromatic rings. The van der Waals surface area contributed by atoms with Gasteiger partial charge in [0.1, 0.15) is 12.4 Å². The predicted octanol–water partition coefficient (Wildman–Crippen LogP) is 3.99. The van der Waals surface area contributed by atoms with Gasteiger partial charge in [0.05, 0.1) is 10.9 Å². The zero-order valence-electron chi connectivity index (χ0n) is 16.8. The van der Waals surface area contributed by atoms with E-state index < -0.39 is 10.0 Å². The van der Waals surface area contributed by atoms with Gasteiger partial charge < -0.3 is 10.1 Å². The Balaban J connectivity index is 1.56. The quantitative estimate of drug-likeness (QED) is 0.573. The molecular formula is C23H24N2O4S. The summed E-state index contributed by atoms with van der Waals surface area (Å²) in [7, 11) is -3.68. The monoisotopic (exact) mass is 424 g/mol. The van der Waals surface area contributed by atoms with Crippen LogP contribution in [0.4, 0.5) is 5.69 Å². The van der Waals surface area contributed by atoms with Crippen molar-refractivity contribution < 1.29 is 17.9 Å². The van der Waals surface area contributed by atoms with Gasteiger partial charge in [0, 0.05) is 11.3 Å². The molecule has 0 radical (unpaired) electrons. The molecule has 0 aromatic heterocycles. The molecule has 1 atom stereocenters. The average Bonchev–Trinajstić information content (AvgIpc) is 2.73. The summed E-state index contributed by atoms with van der Waals surface area (Å²) in [4.78, 5) is 12.6. The molecular weight excluding hydrogens is 400 g/mol. The number of carbonyl (C=O) groups excluding carboxylic acids is 1. The molecule has 0 heterocycles. The SMILES string of the molecule is Cc1ccc(S(=O)(=O)Nc2ccc(C(=O)NC(C)COc3ccccc3)cc2)cc1. The van der Waals surface area contributed by atoms with Crippen LogP contribution in [0.15, 0.2) is 83.8 Å². The smallest absolute Gasteiger partial charge is 0.261 e. The number of carbonyl (C=O) groups is 1. The standard InChI is InChI=1S/C23H24N2O4S/c1-17-8-14-22(15-9-17)30(27,28)25-20-12-10-19(11-13-20)23(26)24-18(2)16-29-21-6-4-3-5-7-21/h3-15,18,25H,16H2,1-2H3,(H,24,26). The van der Waals surface area contributed by atoms with Crippen molar-refractivity contribution in [3.63, 3.8) is 0 Å². The molecule has 0 bridgehead atoms. The Morgan fingerprint density at radius 1 is 0.933 bits per heavy atom. The van der Waals surface area contributed by atoms with Gasteiger partial charge in [0.25, 0.3) is 15.9 Å². The van der Waals surface area contributed by atoms with Crippen LogP contribution in [0.3, 0.4) is 0 Å². The largest absolute Gasteiger partial charge is 0.491 e. The third-order valence-electron chi connectivity index (χ3n) is 4.35. The highest BCUT2D eigenvalue weighted by atomic mass is 32.2. The number of hydrogen-bond acceptors (Lipinski definition) is 4. The van der Waals surface area contributed by atoms with Gasteiger partial charge in [-0.3, -0.25) is 9.52 Å². The maximum Gasteiger partial charge on any atom is 0.261 e. The summed E-state index contributed by atoms with van der Waals surface area (Å²) in [5.41, 5.74) is 1.79. The fourth-order valence-electron chi connectivity index (χ4n) is 2.71. The molecule has 0 aliphatic carbocycles.